The summed E-state index contributed by atoms with van der Waals surface area (Å²) in [4.78, 5) is 27.0. The summed E-state index contributed by atoms with van der Waals surface area (Å²) < 4.78 is 5.41. The van der Waals surface area contributed by atoms with Gasteiger partial charge in [-0.3, -0.25) is 9.59 Å². The van der Waals surface area contributed by atoms with E-state index in [-0.39, 0.29) is 23.2 Å². The molecule has 160 valence electrons. The van der Waals surface area contributed by atoms with Crippen LogP contribution in [0.25, 0.3) is 0 Å². The fourth-order valence-corrected chi connectivity index (χ4v) is 5.13. The van der Waals surface area contributed by atoms with Crippen molar-refractivity contribution in [3.8, 4) is 0 Å². The lowest BCUT2D eigenvalue weighted by Crippen LogP contribution is -2.28. The molecule has 2 amide bonds. The fraction of sp³-hybridized carbons (Fsp3) is 0.280. The van der Waals surface area contributed by atoms with Gasteiger partial charge >= 0.3 is 0 Å². The Morgan fingerprint density at radius 2 is 1.97 bits per heavy atom. The maximum Gasteiger partial charge on any atom is 0.251 e. The number of furan rings is 1. The first-order chi connectivity index (χ1) is 14.9. The number of carbonyl (C=O) groups excluding carboxylic acids is 2. The minimum absolute atomic E-state index is 0.0798. The summed E-state index contributed by atoms with van der Waals surface area (Å²) in [6, 6.07) is 17.4. The molecule has 5 nitrogen and oxygen atoms in total. The molecule has 0 radical (unpaired) electrons. The van der Waals surface area contributed by atoms with Crippen LogP contribution in [0.1, 0.15) is 56.7 Å². The fourth-order valence-electron chi connectivity index (χ4n) is 3.94. The normalized spacial score (nSPS) is 17.1. The van der Waals surface area contributed by atoms with Crippen molar-refractivity contribution in [3.05, 3.63) is 94.4 Å². The van der Waals surface area contributed by atoms with Crippen molar-refractivity contribution in [1.82, 2.24) is 10.2 Å². The molecule has 31 heavy (non-hydrogen) atoms. The quantitative estimate of drug-likeness (QED) is 0.582. The van der Waals surface area contributed by atoms with Crippen molar-refractivity contribution in [2.45, 2.75) is 38.7 Å². The van der Waals surface area contributed by atoms with Gasteiger partial charge in [0, 0.05) is 5.56 Å². The molecule has 0 bridgehead atoms. The van der Waals surface area contributed by atoms with E-state index in [2.05, 4.69) is 37.4 Å². The Kier molecular flexibility index (Phi) is 6.18. The van der Waals surface area contributed by atoms with Gasteiger partial charge in [0.15, 0.2) is 0 Å². The number of aryl methyl sites for hydroxylation is 2. The molecule has 0 saturated carbocycles. The van der Waals surface area contributed by atoms with Gasteiger partial charge in [-0.2, -0.15) is 0 Å². The maximum absolute atomic E-state index is 12.8. The summed E-state index contributed by atoms with van der Waals surface area (Å²) in [5.74, 6) is 1.19. The van der Waals surface area contributed by atoms with Gasteiger partial charge in [0.25, 0.3) is 5.91 Å². The van der Waals surface area contributed by atoms with Crippen molar-refractivity contribution >= 4 is 23.6 Å². The molecule has 2 atom stereocenters. The molecular formula is C25H26N2O3S. The molecule has 1 aromatic heterocycles. The zero-order valence-electron chi connectivity index (χ0n) is 17.9. The van der Waals surface area contributed by atoms with Crippen molar-refractivity contribution < 1.29 is 14.0 Å². The van der Waals surface area contributed by atoms with Gasteiger partial charge in [0.1, 0.15) is 11.1 Å². The largest absolute Gasteiger partial charge is 0.467 e. The molecule has 1 aliphatic heterocycles. The van der Waals surface area contributed by atoms with Crippen LogP contribution in [0.3, 0.4) is 0 Å². The zero-order chi connectivity index (χ0) is 22.0. The summed E-state index contributed by atoms with van der Waals surface area (Å²) in [5.41, 5.74) is 5.10. The Bertz CT molecular complexity index is 1080. The molecule has 1 aliphatic rings. The predicted octanol–water partition coefficient (Wildman–Crippen LogP) is 5.16. The second-order valence-corrected chi connectivity index (χ2v) is 9.01. The molecule has 1 fully saturated rings. The number of carbonyl (C=O) groups is 2. The Labute approximate surface area is 186 Å². The highest BCUT2D eigenvalue weighted by Crippen LogP contribution is 2.39. The Balaban J connectivity index is 1.44. The molecule has 2 heterocycles. The Morgan fingerprint density at radius 3 is 2.65 bits per heavy atom. The molecule has 0 spiro atoms. The van der Waals surface area contributed by atoms with Crippen molar-refractivity contribution in [1.29, 1.82) is 0 Å². The lowest BCUT2D eigenvalue weighted by Gasteiger charge is -2.23. The average Bonchev–Trinajstić information content (AvgIpc) is 3.38. The van der Waals surface area contributed by atoms with Gasteiger partial charge in [-0.1, -0.05) is 35.9 Å². The topological polar surface area (TPSA) is 62.6 Å². The standard InChI is InChI=1S/C25H26N2O3S/c1-16-6-11-22(17(2)13-16)18(3)26-24(29)19-7-9-20(10-8-19)25-27(23(28)15-31-25)14-21-5-4-12-30-21/h4-13,18,25H,14-15H2,1-3H3,(H,26,29)/t18-,25+/m0/s1. The number of rotatable bonds is 6. The first kappa shape index (κ1) is 21.2. The maximum atomic E-state index is 12.8. The second-order valence-electron chi connectivity index (χ2n) is 7.94. The van der Waals surface area contributed by atoms with Gasteiger partial charge in [-0.05, 0) is 61.7 Å². The van der Waals surface area contributed by atoms with Crippen LogP contribution in [0.15, 0.2) is 65.3 Å². The highest BCUT2D eigenvalue weighted by molar-refractivity contribution is 8.00. The molecule has 1 saturated heterocycles. The summed E-state index contributed by atoms with van der Waals surface area (Å²) in [6.45, 7) is 6.57. The van der Waals surface area contributed by atoms with Crippen LogP contribution in [-0.4, -0.2) is 22.5 Å². The minimum Gasteiger partial charge on any atom is -0.467 e. The van der Waals surface area contributed by atoms with E-state index in [4.69, 9.17) is 4.42 Å². The number of amides is 2. The highest BCUT2D eigenvalue weighted by atomic mass is 32.2. The Morgan fingerprint density at radius 1 is 1.19 bits per heavy atom. The van der Waals surface area contributed by atoms with E-state index < -0.39 is 0 Å². The smallest absolute Gasteiger partial charge is 0.251 e. The van der Waals surface area contributed by atoms with E-state index in [1.54, 1.807) is 18.0 Å². The molecule has 6 heteroatoms. The van der Waals surface area contributed by atoms with E-state index in [1.807, 2.05) is 48.2 Å². The van der Waals surface area contributed by atoms with Gasteiger partial charge in [0.2, 0.25) is 5.91 Å². The van der Waals surface area contributed by atoms with Crippen LogP contribution in [0.5, 0.6) is 0 Å². The van der Waals surface area contributed by atoms with Crippen LogP contribution >= 0.6 is 11.8 Å². The van der Waals surface area contributed by atoms with Crippen molar-refractivity contribution in [2.24, 2.45) is 0 Å². The summed E-state index contributed by atoms with van der Waals surface area (Å²) in [5, 5.41) is 3.01. The molecule has 2 aromatic carbocycles. The third kappa shape index (κ3) is 4.69. The van der Waals surface area contributed by atoms with E-state index in [9.17, 15) is 9.59 Å². The van der Waals surface area contributed by atoms with Gasteiger partial charge < -0.3 is 14.6 Å². The number of benzene rings is 2. The van der Waals surface area contributed by atoms with Gasteiger partial charge in [-0.15, -0.1) is 11.8 Å². The predicted molar refractivity (Wildman–Crippen MR) is 123 cm³/mol. The molecule has 0 unspecified atom stereocenters. The lowest BCUT2D eigenvalue weighted by atomic mass is 10.00. The van der Waals surface area contributed by atoms with Crippen LogP contribution in [0.2, 0.25) is 0 Å². The summed E-state index contributed by atoms with van der Waals surface area (Å²) >= 11 is 1.59. The third-order valence-corrected chi connectivity index (χ3v) is 6.83. The van der Waals surface area contributed by atoms with E-state index >= 15 is 0 Å². The number of hydrogen-bond acceptors (Lipinski definition) is 4. The first-order valence-electron chi connectivity index (χ1n) is 10.3. The number of thioether (sulfide) groups is 1. The molecule has 1 N–H and O–H groups in total. The van der Waals surface area contributed by atoms with Crippen LogP contribution in [0, 0.1) is 13.8 Å². The van der Waals surface area contributed by atoms with Crippen molar-refractivity contribution in [3.63, 3.8) is 0 Å². The molecule has 4 rings (SSSR count). The molecule has 0 aliphatic carbocycles. The Hall–Kier alpha value is -2.99. The monoisotopic (exact) mass is 434 g/mol. The molecule has 3 aromatic rings. The summed E-state index contributed by atoms with van der Waals surface area (Å²) in [6.07, 6.45) is 1.62. The van der Waals surface area contributed by atoms with E-state index in [1.165, 1.54) is 11.1 Å². The number of hydrogen-bond donors (Lipinski definition) is 1. The third-order valence-electron chi connectivity index (χ3n) is 5.57. The van der Waals surface area contributed by atoms with Crippen LogP contribution < -0.4 is 5.32 Å². The first-order valence-corrected chi connectivity index (χ1v) is 11.4. The summed E-state index contributed by atoms with van der Waals surface area (Å²) in [7, 11) is 0. The van der Waals surface area contributed by atoms with E-state index in [0.29, 0.717) is 17.9 Å². The van der Waals surface area contributed by atoms with Crippen LogP contribution in [0.4, 0.5) is 0 Å². The number of nitrogens with one attached hydrogen (secondary N) is 1. The lowest BCUT2D eigenvalue weighted by molar-refractivity contribution is -0.128. The van der Waals surface area contributed by atoms with Gasteiger partial charge in [-0.25, -0.2) is 0 Å². The van der Waals surface area contributed by atoms with Crippen molar-refractivity contribution in [2.75, 3.05) is 5.75 Å². The molecular weight excluding hydrogens is 408 g/mol. The minimum atomic E-state index is -0.110. The van der Waals surface area contributed by atoms with Crippen LogP contribution in [-0.2, 0) is 11.3 Å². The average molecular weight is 435 g/mol. The number of nitrogens with zero attached hydrogens (tertiary/aromatic N) is 1. The van der Waals surface area contributed by atoms with E-state index in [0.717, 1.165) is 16.9 Å². The zero-order valence-corrected chi connectivity index (χ0v) is 18.7. The highest BCUT2D eigenvalue weighted by Gasteiger charge is 2.33. The SMILES string of the molecule is Cc1ccc([C@H](C)NC(=O)c2ccc([C@H]3SCC(=O)N3Cc3ccco3)cc2)c(C)c1. The second kappa shape index (κ2) is 9.02. The van der Waals surface area contributed by atoms with Gasteiger partial charge in [0.05, 0.1) is 24.6 Å².